The summed E-state index contributed by atoms with van der Waals surface area (Å²) in [5.41, 5.74) is 0.215. The summed E-state index contributed by atoms with van der Waals surface area (Å²) in [5.74, 6) is 1.39. The fourth-order valence-electron chi connectivity index (χ4n) is 3.63. The van der Waals surface area contributed by atoms with Crippen LogP contribution in [0.5, 0.6) is 11.5 Å². The lowest BCUT2D eigenvalue weighted by molar-refractivity contribution is -0.0410. The van der Waals surface area contributed by atoms with Crippen LogP contribution in [-0.2, 0) is 5.60 Å². The first-order valence-electron chi connectivity index (χ1n) is 7.35. The Morgan fingerprint density at radius 2 is 2.00 bits per heavy atom. The third kappa shape index (κ3) is 2.27. The molecule has 0 aromatic heterocycles. The highest BCUT2D eigenvalue weighted by molar-refractivity contribution is 5.44. The van der Waals surface area contributed by atoms with Gasteiger partial charge in [0.2, 0.25) is 0 Å². The highest BCUT2D eigenvalue weighted by atomic mass is 16.5. The van der Waals surface area contributed by atoms with Crippen LogP contribution in [0.15, 0.2) is 18.2 Å². The second kappa shape index (κ2) is 5.26. The van der Waals surface area contributed by atoms with E-state index in [0.29, 0.717) is 17.5 Å². The van der Waals surface area contributed by atoms with Crippen molar-refractivity contribution >= 4 is 0 Å². The normalized spacial score (nSPS) is 30.1. The molecule has 0 spiro atoms. The molecule has 0 amide bonds. The van der Waals surface area contributed by atoms with Crippen LogP contribution in [0.4, 0.5) is 0 Å². The van der Waals surface area contributed by atoms with E-state index in [4.69, 9.17) is 9.47 Å². The van der Waals surface area contributed by atoms with Gasteiger partial charge < -0.3 is 19.5 Å². The third-order valence-corrected chi connectivity index (χ3v) is 4.81. The predicted octanol–water partition coefficient (Wildman–Crippen LogP) is 2.15. The summed E-state index contributed by atoms with van der Waals surface area (Å²) in [6.07, 6.45) is 4.07. The molecule has 0 aliphatic carbocycles. The molecule has 0 saturated carbocycles. The summed E-state index contributed by atoms with van der Waals surface area (Å²) in [4.78, 5) is 2.51. The molecule has 2 fully saturated rings. The molecule has 4 heteroatoms. The number of ether oxygens (including phenoxy) is 2. The van der Waals surface area contributed by atoms with Gasteiger partial charge in [-0.3, -0.25) is 0 Å². The number of benzene rings is 1. The Morgan fingerprint density at radius 3 is 2.75 bits per heavy atom. The topological polar surface area (TPSA) is 41.9 Å². The van der Waals surface area contributed by atoms with Crippen molar-refractivity contribution in [3.63, 3.8) is 0 Å². The highest BCUT2D eigenvalue weighted by Crippen LogP contribution is 2.41. The van der Waals surface area contributed by atoms with Crippen LogP contribution in [-0.4, -0.2) is 43.4 Å². The number of rotatable bonds is 3. The van der Waals surface area contributed by atoms with Gasteiger partial charge in [-0.05, 0) is 49.9 Å². The van der Waals surface area contributed by atoms with Crippen molar-refractivity contribution in [3.8, 4) is 11.5 Å². The van der Waals surface area contributed by atoms with Crippen molar-refractivity contribution in [2.24, 2.45) is 0 Å². The molecule has 110 valence electrons. The Labute approximate surface area is 120 Å². The molecule has 1 N–H and O–H groups in total. The summed E-state index contributed by atoms with van der Waals surface area (Å²) >= 11 is 0. The maximum Gasteiger partial charge on any atom is 0.161 e. The standard InChI is InChI=1S/C16H23NO3/c1-19-14-6-5-12(10-15(14)20-2)16(18)7-9-17-8-3-4-13(17)11-16/h5-6,10,13,18H,3-4,7-9,11H2,1-2H3. The number of hydrogen-bond acceptors (Lipinski definition) is 4. The van der Waals surface area contributed by atoms with E-state index in [1.807, 2.05) is 18.2 Å². The second-order valence-corrected chi connectivity index (χ2v) is 5.89. The van der Waals surface area contributed by atoms with E-state index >= 15 is 0 Å². The first-order valence-corrected chi connectivity index (χ1v) is 7.35. The molecule has 3 rings (SSSR count). The zero-order chi connectivity index (χ0) is 14.2. The molecule has 2 aliphatic rings. The lowest BCUT2D eigenvalue weighted by Crippen LogP contribution is -2.45. The summed E-state index contributed by atoms with van der Waals surface area (Å²) in [5, 5.41) is 11.1. The van der Waals surface area contributed by atoms with E-state index in [9.17, 15) is 5.11 Å². The molecular weight excluding hydrogens is 254 g/mol. The average molecular weight is 277 g/mol. The maximum atomic E-state index is 11.1. The molecule has 2 aliphatic heterocycles. The Bertz CT molecular complexity index is 491. The second-order valence-electron chi connectivity index (χ2n) is 5.89. The van der Waals surface area contributed by atoms with Crippen LogP contribution >= 0.6 is 0 Å². The summed E-state index contributed by atoms with van der Waals surface area (Å²) in [7, 11) is 3.26. The largest absolute Gasteiger partial charge is 0.493 e. The minimum Gasteiger partial charge on any atom is -0.493 e. The van der Waals surface area contributed by atoms with E-state index in [0.717, 1.165) is 24.9 Å². The van der Waals surface area contributed by atoms with Crippen molar-refractivity contribution < 1.29 is 14.6 Å². The lowest BCUT2D eigenvalue weighted by Gasteiger charge is -2.41. The van der Waals surface area contributed by atoms with Crippen LogP contribution < -0.4 is 9.47 Å². The Balaban J connectivity index is 1.87. The monoisotopic (exact) mass is 277 g/mol. The van der Waals surface area contributed by atoms with Crippen LogP contribution in [0.1, 0.15) is 31.2 Å². The number of fused-ring (bicyclic) bond motifs is 1. The Kier molecular flexibility index (Phi) is 3.61. The van der Waals surface area contributed by atoms with E-state index in [1.165, 1.54) is 19.4 Å². The third-order valence-electron chi connectivity index (χ3n) is 4.81. The molecule has 1 aromatic rings. The lowest BCUT2D eigenvalue weighted by atomic mass is 9.81. The zero-order valence-corrected chi connectivity index (χ0v) is 12.3. The van der Waals surface area contributed by atoms with Gasteiger partial charge in [0.05, 0.1) is 19.8 Å². The first kappa shape index (κ1) is 13.7. The SMILES string of the molecule is COc1ccc(C2(O)CCN3CCCC3C2)cc1OC. The van der Waals surface area contributed by atoms with E-state index in [-0.39, 0.29) is 0 Å². The molecule has 2 heterocycles. The van der Waals surface area contributed by atoms with Crippen LogP contribution in [0.3, 0.4) is 0 Å². The fraction of sp³-hybridized carbons (Fsp3) is 0.625. The van der Waals surface area contributed by atoms with Gasteiger partial charge in [0.1, 0.15) is 0 Å². The van der Waals surface area contributed by atoms with Gasteiger partial charge in [-0.2, -0.15) is 0 Å². The van der Waals surface area contributed by atoms with Gasteiger partial charge in [0, 0.05) is 12.6 Å². The van der Waals surface area contributed by atoms with E-state index < -0.39 is 5.60 Å². The molecule has 20 heavy (non-hydrogen) atoms. The van der Waals surface area contributed by atoms with E-state index in [1.54, 1.807) is 14.2 Å². The minimum atomic E-state index is -0.731. The summed E-state index contributed by atoms with van der Waals surface area (Å²) in [6.45, 7) is 2.17. The number of nitrogens with zero attached hydrogens (tertiary/aromatic N) is 1. The number of methoxy groups -OCH3 is 2. The molecule has 2 atom stereocenters. The number of piperidine rings is 1. The highest BCUT2D eigenvalue weighted by Gasteiger charge is 2.41. The zero-order valence-electron chi connectivity index (χ0n) is 12.3. The van der Waals surface area contributed by atoms with Crippen molar-refractivity contribution in [1.29, 1.82) is 0 Å². The van der Waals surface area contributed by atoms with Crippen molar-refractivity contribution in [2.75, 3.05) is 27.3 Å². The van der Waals surface area contributed by atoms with Gasteiger partial charge in [0.15, 0.2) is 11.5 Å². The van der Waals surface area contributed by atoms with Crippen molar-refractivity contribution in [1.82, 2.24) is 4.90 Å². The summed E-state index contributed by atoms with van der Waals surface area (Å²) in [6, 6.07) is 6.30. The molecule has 0 bridgehead atoms. The van der Waals surface area contributed by atoms with Gasteiger partial charge in [-0.1, -0.05) is 6.07 Å². The Hall–Kier alpha value is -1.26. The Morgan fingerprint density at radius 1 is 1.20 bits per heavy atom. The van der Waals surface area contributed by atoms with Gasteiger partial charge in [-0.25, -0.2) is 0 Å². The average Bonchev–Trinajstić information content (AvgIpc) is 2.93. The smallest absolute Gasteiger partial charge is 0.161 e. The van der Waals surface area contributed by atoms with Crippen LogP contribution in [0, 0.1) is 0 Å². The minimum absolute atomic E-state index is 0.529. The molecule has 1 aromatic carbocycles. The molecule has 0 radical (unpaired) electrons. The van der Waals surface area contributed by atoms with Crippen LogP contribution in [0.2, 0.25) is 0 Å². The maximum absolute atomic E-state index is 11.1. The van der Waals surface area contributed by atoms with Crippen LogP contribution in [0.25, 0.3) is 0 Å². The molecule has 2 unspecified atom stereocenters. The predicted molar refractivity (Wildman–Crippen MR) is 77.3 cm³/mol. The van der Waals surface area contributed by atoms with Gasteiger partial charge in [0.25, 0.3) is 0 Å². The molecule has 4 nitrogen and oxygen atoms in total. The van der Waals surface area contributed by atoms with Crippen molar-refractivity contribution in [3.05, 3.63) is 23.8 Å². The summed E-state index contributed by atoms with van der Waals surface area (Å²) < 4.78 is 10.6. The van der Waals surface area contributed by atoms with E-state index in [2.05, 4.69) is 4.90 Å². The molecular formula is C16H23NO3. The van der Waals surface area contributed by atoms with Gasteiger partial charge >= 0.3 is 0 Å². The van der Waals surface area contributed by atoms with Crippen molar-refractivity contribution in [2.45, 2.75) is 37.3 Å². The molecule has 2 saturated heterocycles. The first-order chi connectivity index (χ1) is 9.66. The number of aliphatic hydroxyl groups is 1. The quantitative estimate of drug-likeness (QED) is 0.919. The fourth-order valence-corrected chi connectivity index (χ4v) is 3.63. The number of hydrogen-bond donors (Lipinski definition) is 1. The van der Waals surface area contributed by atoms with Gasteiger partial charge in [-0.15, -0.1) is 0 Å².